The third kappa shape index (κ3) is 4.06. The first-order valence-corrected chi connectivity index (χ1v) is 6.54. The third-order valence-electron chi connectivity index (χ3n) is 2.59. The highest BCUT2D eigenvalue weighted by molar-refractivity contribution is 6.30. The van der Waals surface area contributed by atoms with Crippen LogP contribution in [0.4, 0.5) is 5.69 Å². The first-order chi connectivity index (χ1) is 9.95. The fourth-order valence-corrected chi connectivity index (χ4v) is 1.64. The van der Waals surface area contributed by atoms with E-state index < -0.39 is 18.0 Å². The molecule has 6 nitrogen and oxygen atoms in total. The van der Waals surface area contributed by atoms with Gasteiger partial charge in [0.15, 0.2) is 6.10 Å². The van der Waals surface area contributed by atoms with Crippen LogP contribution in [0, 0.1) is 6.92 Å². The maximum absolute atomic E-state index is 11.9. The molecule has 1 aromatic heterocycles. The van der Waals surface area contributed by atoms with Crippen molar-refractivity contribution in [2.75, 3.05) is 5.32 Å². The molecule has 0 fully saturated rings. The number of carbonyl (C=O) groups excluding carboxylic acids is 2. The average Bonchev–Trinajstić information content (AvgIpc) is 2.88. The van der Waals surface area contributed by atoms with Gasteiger partial charge in [0.05, 0.1) is 5.69 Å². The molecule has 0 spiro atoms. The Morgan fingerprint density at radius 1 is 1.33 bits per heavy atom. The minimum atomic E-state index is -0.974. The number of esters is 1. The lowest BCUT2D eigenvalue weighted by Crippen LogP contribution is -2.29. The summed E-state index contributed by atoms with van der Waals surface area (Å²) in [6.45, 7) is 3.14. The number of rotatable bonds is 4. The number of ether oxygens (including phenoxy) is 1. The van der Waals surface area contributed by atoms with E-state index in [0.29, 0.717) is 16.4 Å². The van der Waals surface area contributed by atoms with Gasteiger partial charge in [-0.3, -0.25) is 4.79 Å². The van der Waals surface area contributed by atoms with Crippen LogP contribution in [-0.2, 0) is 9.53 Å². The zero-order chi connectivity index (χ0) is 15.4. The molecule has 0 unspecified atom stereocenters. The Morgan fingerprint density at radius 3 is 2.57 bits per heavy atom. The number of hydrogen-bond acceptors (Lipinski definition) is 5. The number of hydrogen-bond donors (Lipinski definition) is 1. The number of nitrogens with one attached hydrogen (secondary N) is 1. The molecule has 0 aliphatic heterocycles. The Kier molecular flexibility index (Phi) is 4.59. The summed E-state index contributed by atoms with van der Waals surface area (Å²) < 4.78 is 9.76. The van der Waals surface area contributed by atoms with Gasteiger partial charge in [0, 0.05) is 16.8 Å². The lowest BCUT2D eigenvalue weighted by molar-refractivity contribution is -0.123. The van der Waals surface area contributed by atoms with Crippen LogP contribution in [0.15, 0.2) is 34.9 Å². The molecule has 1 heterocycles. The molecule has 7 heteroatoms. The van der Waals surface area contributed by atoms with Crippen LogP contribution in [-0.4, -0.2) is 23.1 Å². The number of nitrogens with zero attached hydrogens (tertiary/aromatic N) is 1. The molecule has 0 saturated heterocycles. The maximum atomic E-state index is 11.9. The number of amides is 1. The second-order valence-electron chi connectivity index (χ2n) is 4.38. The topological polar surface area (TPSA) is 81.4 Å². The van der Waals surface area contributed by atoms with Crippen LogP contribution >= 0.6 is 11.6 Å². The first kappa shape index (κ1) is 15.1. The van der Waals surface area contributed by atoms with Crippen molar-refractivity contribution in [3.63, 3.8) is 0 Å². The van der Waals surface area contributed by atoms with Crippen molar-refractivity contribution in [3.05, 3.63) is 46.8 Å². The fourth-order valence-electron chi connectivity index (χ4n) is 1.51. The Balaban J connectivity index is 1.93. The molecule has 0 aliphatic carbocycles. The van der Waals surface area contributed by atoms with E-state index in [2.05, 4.69) is 10.5 Å². The van der Waals surface area contributed by atoms with E-state index in [9.17, 15) is 9.59 Å². The molecule has 0 saturated carbocycles. The summed E-state index contributed by atoms with van der Waals surface area (Å²) >= 11 is 5.75. The van der Waals surface area contributed by atoms with Gasteiger partial charge in [-0.05, 0) is 38.1 Å². The summed E-state index contributed by atoms with van der Waals surface area (Å²) in [5, 5.41) is 6.75. The SMILES string of the molecule is Cc1cc(C(=O)O[C@H](C)C(=O)Nc2ccc(Cl)cc2)on1. The predicted molar refractivity (Wildman–Crippen MR) is 76.2 cm³/mol. The summed E-state index contributed by atoms with van der Waals surface area (Å²) in [5.41, 5.74) is 1.11. The van der Waals surface area contributed by atoms with E-state index in [4.69, 9.17) is 20.9 Å². The minimum Gasteiger partial charge on any atom is -0.447 e. The van der Waals surface area contributed by atoms with Crippen LogP contribution in [0.2, 0.25) is 5.02 Å². The monoisotopic (exact) mass is 308 g/mol. The van der Waals surface area contributed by atoms with Crippen molar-refractivity contribution in [3.8, 4) is 0 Å². The fraction of sp³-hybridized carbons (Fsp3) is 0.214. The van der Waals surface area contributed by atoms with Crippen molar-refractivity contribution in [1.29, 1.82) is 0 Å². The van der Waals surface area contributed by atoms with Crippen LogP contribution in [0.5, 0.6) is 0 Å². The maximum Gasteiger partial charge on any atom is 0.377 e. The van der Waals surface area contributed by atoms with Gasteiger partial charge in [0.2, 0.25) is 5.76 Å². The number of benzene rings is 1. The molecule has 21 heavy (non-hydrogen) atoms. The van der Waals surface area contributed by atoms with Gasteiger partial charge >= 0.3 is 5.97 Å². The summed E-state index contributed by atoms with van der Waals surface area (Å²) in [6, 6.07) is 8.02. The van der Waals surface area contributed by atoms with E-state index in [1.807, 2.05) is 0 Å². The molecule has 0 aliphatic rings. The summed E-state index contributed by atoms with van der Waals surface area (Å²) in [4.78, 5) is 23.6. The van der Waals surface area contributed by atoms with Crippen LogP contribution in [0.3, 0.4) is 0 Å². The second-order valence-corrected chi connectivity index (χ2v) is 4.81. The van der Waals surface area contributed by atoms with Crippen molar-refractivity contribution in [1.82, 2.24) is 5.16 Å². The van der Waals surface area contributed by atoms with Crippen LogP contribution < -0.4 is 5.32 Å². The molecular weight excluding hydrogens is 296 g/mol. The molecule has 110 valence electrons. The predicted octanol–water partition coefficient (Wildman–Crippen LogP) is 2.82. The number of carbonyl (C=O) groups is 2. The van der Waals surface area contributed by atoms with Gasteiger partial charge in [-0.25, -0.2) is 4.79 Å². The number of aromatic nitrogens is 1. The Morgan fingerprint density at radius 2 is 2.00 bits per heavy atom. The highest BCUT2D eigenvalue weighted by atomic mass is 35.5. The first-order valence-electron chi connectivity index (χ1n) is 6.16. The highest BCUT2D eigenvalue weighted by Crippen LogP contribution is 2.14. The largest absolute Gasteiger partial charge is 0.447 e. The molecule has 0 bridgehead atoms. The minimum absolute atomic E-state index is 0.0429. The molecule has 1 N–H and O–H groups in total. The van der Waals surface area contributed by atoms with Gasteiger partial charge in [-0.2, -0.15) is 0 Å². The molecule has 1 atom stereocenters. The van der Waals surface area contributed by atoms with E-state index in [0.717, 1.165) is 0 Å². The Labute approximate surface area is 126 Å². The van der Waals surface area contributed by atoms with E-state index in [1.54, 1.807) is 31.2 Å². The highest BCUT2D eigenvalue weighted by Gasteiger charge is 2.21. The lowest BCUT2D eigenvalue weighted by atomic mass is 10.3. The van der Waals surface area contributed by atoms with E-state index in [1.165, 1.54) is 13.0 Å². The van der Waals surface area contributed by atoms with Crippen LogP contribution in [0.25, 0.3) is 0 Å². The second kappa shape index (κ2) is 6.41. The normalized spacial score (nSPS) is 11.8. The third-order valence-corrected chi connectivity index (χ3v) is 2.85. The standard InChI is InChI=1S/C14H13ClN2O4/c1-8-7-12(21-17-8)14(19)20-9(2)13(18)16-11-5-3-10(15)4-6-11/h3-7,9H,1-2H3,(H,16,18)/t9-/m1/s1. The average molecular weight is 309 g/mol. The molecule has 1 aromatic carbocycles. The van der Waals surface area contributed by atoms with Crippen molar-refractivity contribution in [2.45, 2.75) is 20.0 Å². The molecule has 1 amide bonds. The zero-order valence-corrected chi connectivity index (χ0v) is 12.2. The van der Waals surface area contributed by atoms with Gasteiger partial charge < -0.3 is 14.6 Å². The number of halogens is 1. The Bertz CT molecular complexity index is 651. The molecule has 2 rings (SSSR count). The van der Waals surface area contributed by atoms with Crippen molar-refractivity contribution < 1.29 is 18.8 Å². The van der Waals surface area contributed by atoms with Gasteiger partial charge in [-0.15, -0.1) is 0 Å². The molecular formula is C14H13ClN2O4. The van der Waals surface area contributed by atoms with Crippen molar-refractivity contribution in [2.24, 2.45) is 0 Å². The lowest BCUT2D eigenvalue weighted by Gasteiger charge is -2.12. The number of anilines is 1. The summed E-state index contributed by atoms with van der Waals surface area (Å²) in [5.74, 6) is -1.24. The van der Waals surface area contributed by atoms with Gasteiger partial charge in [-0.1, -0.05) is 16.8 Å². The van der Waals surface area contributed by atoms with Gasteiger partial charge in [0.1, 0.15) is 0 Å². The van der Waals surface area contributed by atoms with Gasteiger partial charge in [0.25, 0.3) is 5.91 Å². The summed E-state index contributed by atoms with van der Waals surface area (Å²) in [6.07, 6.45) is -0.974. The summed E-state index contributed by atoms with van der Waals surface area (Å²) in [7, 11) is 0. The van der Waals surface area contributed by atoms with Crippen LogP contribution in [0.1, 0.15) is 23.2 Å². The number of aryl methyl sites for hydroxylation is 1. The quantitative estimate of drug-likeness (QED) is 0.878. The molecule has 0 radical (unpaired) electrons. The van der Waals surface area contributed by atoms with Crippen molar-refractivity contribution >= 4 is 29.2 Å². The zero-order valence-electron chi connectivity index (χ0n) is 11.4. The van der Waals surface area contributed by atoms with E-state index >= 15 is 0 Å². The smallest absolute Gasteiger partial charge is 0.377 e. The van der Waals surface area contributed by atoms with E-state index in [-0.39, 0.29) is 5.76 Å². The Hall–Kier alpha value is -2.34. The molecule has 2 aromatic rings.